The quantitative estimate of drug-likeness (QED) is 0.355. The number of methoxy groups -OCH3 is 1. The molecule has 0 spiro atoms. The number of phenols is 1. The predicted octanol–water partition coefficient (Wildman–Crippen LogP) is 6.78. The number of hydrogen-bond acceptors (Lipinski definition) is 2. The number of aromatic hydroxyl groups is 1. The van der Waals surface area contributed by atoms with E-state index in [9.17, 15) is 5.11 Å². The van der Waals surface area contributed by atoms with Gasteiger partial charge in [-0.05, 0) is 23.1 Å². The molecule has 2 rings (SSSR count). The Morgan fingerprint density at radius 3 is 1.71 bits per heavy atom. The molecule has 2 nitrogen and oxygen atoms in total. The Balaban J connectivity index is -0.0000000737. The summed E-state index contributed by atoms with van der Waals surface area (Å²) >= 11 is 0. The minimum absolute atomic E-state index is 0. The molecule has 5 radical (unpaired) electrons. The standard InChI is InChI=1S/C11H16O2.C9H13.2CH3.2ClH.Si.Ti/c1-11(2,3)8-5-9(12)7-10(6-8)13-4;1-6-5-7(2)9(4)8(6)3;;;;;;/h5-7,12H,1-4H3;6H,1-4H3;2*1H3;2*1H;;/q;3*-1;;;;+3. The van der Waals surface area contributed by atoms with Crippen LogP contribution in [0.4, 0.5) is 0 Å². The summed E-state index contributed by atoms with van der Waals surface area (Å²) in [4.78, 5) is 0. The minimum Gasteiger partial charge on any atom is -0.508 e. The van der Waals surface area contributed by atoms with Crippen molar-refractivity contribution in [3.05, 3.63) is 61.4 Å². The number of ether oxygens (including phenoxy) is 1. The van der Waals surface area contributed by atoms with E-state index in [1.165, 1.54) is 16.7 Å². The first kappa shape index (κ1) is 42.0. The molecule has 0 bridgehead atoms. The number of rotatable bonds is 1. The van der Waals surface area contributed by atoms with Gasteiger partial charge in [0, 0.05) is 17.0 Å². The van der Waals surface area contributed by atoms with Gasteiger partial charge in [-0.1, -0.05) is 47.5 Å². The van der Waals surface area contributed by atoms with Crippen molar-refractivity contribution in [2.45, 2.75) is 53.9 Å². The van der Waals surface area contributed by atoms with E-state index in [-0.39, 0.29) is 83.5 Å². The Bertz CT molecular complexity index is 609. The summed E-state index contributed by atoms with van der Waals surface area (Å²) in [6, 6.07) is 5.32. The summed E-state index contributed by atoms with van der Waals surface area (Å²) in [7, 11) is 1.60. The second kappa shape index (κ2) is 17.7. The first-order valence-corrected chi connectivity index (χ1v) is 7.72. The molecular formula is C22H37Cl2O2SiTi. The van der Waals surface area contributed by atoms with Crippen molar-refractivity contribution in [3.8, 4) is 11.5 Å². The summed E-state index contributed by atoms with van der Waals surface area (Å²) in [5.41, 5.74) is 5.35. The number of benzene rings is 1. The number of phenolic OH excluding ortho intramolecular Hbond substituents is 1. The van der Waals surface area contributed by atoms with Crippen LogP contribution < -0.4 is 4.74 Å². The van der Waals surface area contributed by atoms with Gasteiger partial charge in [0.1, 0.15) is 11.5 Å². The zero-order valence-electron chi connectivity index (χ0n) is 19.0. The molecule has 0 aliphatic heterocycles. The van der Waals surface area contributed by atoms with Crippen LogP contribution in [0.2, 0.25) is 0 Å². The van der Waals surface area contributed by atoms with Gasteiger partial charge in [-0.3, -0.25) is 6.08 Å². The smallest absolute Gasteiger partial charge is 0.508 e. The average molecular weight is 480 g/mol. The number of hydrogen-bond donors (Lipinski definition) is 1. The molecule has 28 heavy (non-hydrogen) atoms. The van der Waals surface area contributed by atoms with E-state index in [1.54, 1.807) is 19.2 Å². The summed E-state index contributed by atoms with van der Waals surface area (Å²) in [5.74, 6) is 1.51. The maximum Gasteiger partial charge on any atom is 3.00 e. The third-order valence-electron chi connectivity index (χ3n) is 4.23. The van der Waals surface area contributed by atoms with Gasteiger partial charge in [-0.25, -0.2) is 5.57 Å². The molecule has 0 saturated carbocycles. The van der Waals surface area contributed by atoms with Gasteiger partial charge in [0.2, 0.25) is 0 Å². The van der Waals surface area contributed by atoms with Crippen molar-refractivity contribution in [3.63, 3.8) is 0 Å². The second-order valence-corrected chi connectivity index (χ2v) is 6.97. The molecule has 1 atom stereocenters. The SMILES string of the molecule is CC1=[C-]C(C)C(C)=C1C.COc1cc(O)cc(C(C)(C)C)c1.Cl.Cl.[CH3-].[CH3-].[Si].[Ti+3]. The Morgan fingerprint density at radius 1 is 1.00 bits per heavy atom. The fourth-order valence-electron chi connectivity index (χ4n) is 2.30. The van der Waals surface area contributed by atoms with Gasteiger partial charge in [0.15, 0.2) is 0 Å². The van der Waals surface area contributed by atoms with Gasteiger partial charge < -0.3 is 24.7 Å². The fraction of sp³-hybridized carbons (Fsp3) is 0.455. The molecule has 0 fully saturated rings. The van der Waals surface area contributed by atoms with E-state index >= 15 is 0 Å². The zero-order chi connectivity index (χ0) is 17.1. The number of allylic oxidation sites excluding steroid dienone is 4. The van der Waals surface area contributed by atoms with E-state index in [0.29, 0.717) is 11.7 Å². The molecule has 6 heteroatoms. The van der Waals surface area contributed by atoms with Gasteiger partial charge in [0.25, 0.3) is 0 Å². The summed E-state index contributed by atoms with van der Waals surface area (Å²) in [6.45, 7) is 15.0. The molecule has 1 aromatic rings. The summed E-state index contributed by atoms with van der Waals surface area (Å²) < 4.78 is 5.07. The van der Waals surface area contributed by atoms with Crippen molar-refractivity contribution in [2.75, 3.05) is 7.11 Å². The Labute approximate surface area is 206 Å². The van der Waals surface area contributed by atoms with Gasteiger partial charge >= 0.3 is 21.7 Å². The van der Waals surface area contributed by atoms with Crippen LogP contribution in [0.25, 0.3) is 0 Å². The molecule has 1 aliphatic rings. The van der Waals surface area contributed by atoms with E-state index in [0.717, 1.165) is 5.56 Å². The van der Waals surface area contributed by atoms with Crippen LogP contribution in [0.1, 0.15) is 54.0 Å². The van der Waals surface area contributed by atoms with Crippen LogP contribution >= 0.6 is 24.8 Å². The maximum atomic E-state index is 9.41. The first-order chi connectivity index (χ1) is 10.1. The largest absolute Gasteiger partial charge is 3.00 e. The third kappa shape index (κ3) is 12.4. The van der Waals surface area contributed by atoms with Crippen LogP contribution in [-0.4, -0.2) is 23.2 Å². The van der Waals surface area contributed by atoms with Crippen molar-refractivity contribution in [1.29, 1.82) is 0 Å². The average Bonchev–Trinajstić information content (AvgIpc) is 2.64. The third-order valence-corrected chi connectivity index (χ3v) is 4.23. The monoisotopic (exact) mass is 479 g/mol. The molecule has 1 N–H and O–H groups in total. The predicted molar refractivity (Wildman–Crippen MR) is 126 cm³/mol. The molecule has 0 aromatic heterocycles. The molecule has 0 heterocycles. The van der Waals surface area contributed by atoms with Crippen molar-refractivity contribution in [2.24, 2.45) is 5.92 Å². The van der Waals surface area contributed by atoms with Crippen LogP contribution in [0, 0.1) is 26.8 Å². The normalized spacial score (nSPS) is 14.0. The molecule has 0 amide bonds. The van der Waals surface area contributed by atoms with E-state index < -0.39 is 0 Å². The summed E-state index contributed by atoms with van der Waals surface area (Å²) in [5, 5.41) is 9.41. The van der Waals surface area contributed by atoms with Crippen LogP contribution in [0.15, 0.2) is 34.9 Å². The fourth-order valence-corrected chi connectivity index (χ4v) is 2.30. The molecule has 1 unspecified atom stereocenters. The zero-order valence-corrected chi connectivity index (χ0v) is 23.2. The van der Waals surface area contributed by atoms with Gasteiger partial charge in [-0.2, -0.15) is 11.1 Å². The molecular weight excluding hydrogens is 443 g/mol. The first-order valence-electron chi connectivity index (χ1n) is 7.72. The Morgan fingerprint density at radius 2 is 1.46 bits per heavy atom. The second-order valence-electron chi connectivity index (χ2n) is 6.97. The topological polar surface area (TPSA) is 29.5 Å². The van der Waals surface area contributed by atoms with Crippen molar-refractivity contribution >= 4 is 35.8 Å². The molecule has 1 aromatic carbocycles. The van der Waals surface area contributed by atoms with E-state index in [1.807, 2.05) is 6.07 Å². The van der Waals surface area contributed by atoms with E-state index in [4.69, 9.17) is 4.74 Å². The molecule has 0 saturated heterocycles. The summed E-state index contributed by atoms with van der Waals surface area (Å²) in [6.07, 6.45) is 3.36. The van der Waals surface area contributed by atoms with Gasteiger partial charge in [-0.15, -0.1) is 31.7 Å². The van der Waals surface area contributed by atoms with E-state index in [2.05, 4.69) is 54.5 Å². The minimum atomic E-state index is 0. The number of halogens is 2. The van der Waals surface area contributed by atoms with Crippen molar-refractivity contribution < 1.29 is 31.6 Å². The Kier molecular flexibility index (Phi) is 26.5. The van der Waals surface area contributed by atoms with Crippen LogP contribution in [-0.2, 0) is 27.1 Å². The van der Waals surface area contributed by atoms with Crippen LogP contribution in [0.5, 0.6) is 11.5 Å². The Hall–Kier alpha value is -0.189. The molecule has 159 valence electrons. The molecule has 1 aliphatic carbocycles. The van der Waals surface area contributed by atoms with Crippen molar-refractivity contribution in [1.82, 2.24) is 0 Å². The maximum absolute atomic E-state index is 9.41. The van der Waals surface area contributed by atoms with Crippen LogP contribution in [0.3, 0.4) is 0 Å². The van der Waals surface area contributed by atoms with Gasteiger partial charge in [0.05, 0.1) is 7.11 Å².